The quantitative estimate of drug-likeness (QED) is 0.781. The van der Waals surface area contributed by atoms with Crippen molar-refractivity contribution in [3.8, 4) is 5.88 Å². The zero-order valence-corrected chi connectivity index (χ0v) is 9.69. The number of carbonyl (C=O) groups excluding carboxylic acids is 1. The smallest absolute Gasteiger partial charge is 0.254 e. The molecule has 1 aliphatic heterocycles. The highest BCUT2D eigenvalue weighted by molar-refractivity contribution is 5.94. The van der Waals surface area contributed by atoms with Gasteiger partial charge in [-0.05, 0) is 44.0 Å². The number of carbonyl (C=O) groups is 1. The van der Waals surface area contributed by atoms with Crippen molar-refractivity contribution in [2.45, 2.75) is 12.8 Å². The fraction of sp³-hybridized carbons (Fsp3) is 0.500. The number of ether oxygens (including phenoxy) is 1. The summed E-state index contributed by atoms with van der Waals surface area (Å²) in [6.07, 6.45) is 3.76. The predicted molar refractivity (Wildman–Crippen MR) is 63.8 cm³/mol. The highest BCUT2D eigenvalue weighted by atomic mass is 16.5. The van der Waals surface area contributed by atoms with Gasteiger partial charge in [-0.1, -0.05) is 0 Å². The van der Waals surface area contributed by atoms with Crippen LogP contribution in [0.5, 0.6) is 5.88 Å². The number of aromatic nitrogens is 1. The van der Waals surface area contributed by atoms with Crippen LogP contribution in [0, 0.1) is 5.92 Å². The summed E-state index contributed by atoms with van der Waals surface area (Å²) < 4.78 is 5.52. The number of hydrogen-bond acceptors (Lipinski definition) is 4. The van der Waals surface area contributed by atoms with Crippen molar-refractivity contribution in [3.05, 3.63) is 23.9 Å². The minimum absolute atomic E-state index is 0.339. The SMILES string of the molecule is NC(=O)c1cccnc1OCCC1CCNC1. The summed E-state index contributed by atoms with van der Waals surface area (Å²) in [6.45, 7) is 2.71. The van der Waals surface area contributed by atoms with Crippen LogP contribution in [0.2, 0.25) is 0 Å². The lowest BCUT2D eigenvalue weighted by Gasteiger charge is -2.10. The van der Waals surface area contributed by atoms with E-state index in [1.807, 2.05) is 0 Å². The van der Waals surface area contributed by atoms with Crippen LogP contribution in [-0.2, 0) is 0 Å². The van der Waals surface area contributed by atoms with E-state index in [4.69, 9.17) is 10.5 Å². The molecule has 1 aliphatic rings. The second-order valence-electron chi connectivity index (χ2n) is 4.22. The molecule has 92 valence electrons. The zero-order valence-electron chi connectivity index (χ0n) is 9.69. The van der Waals surface area contributed by atoms with E-state index in [9.17, 15) is 4.79 Å². The molecule has 0 radical (unpaired) electrons. The van der Waals surface area contributed by atoms with E-state index in [-0.39, 0.29) is 0 Å². The second kappa shape index (κ2) is 5.63. The van der Waals surface area contributed by atoms with Crippen LogP contribution in [-0.4, -0.2) is 30.6 Å². The number of nitrogens with one attached hydrogen (secondary N) is 1. The Morgan fingerprint density at radius 2 is 2.53 bits per heavy atom. The summed E-state index contributed by atoms with van der Waals surface area (Å²) in [5.74, 6) is 0.498. The van der Waals surface area contributed by atoms with E-state index >= 15 is 0 Å². The van der Waals surface area contributed by atoms with Gasteiger partial charge in [0.15, 0.2) is 0 Å². The van der Waals surface area contributed by atoms with Gasteiger partial charge in [0.2, 0.25) is 5.88 Å². The molecule has 2 rings (SSSR count). The van der Waals surface area contributed by atoms with Crippen molar-refractivity contribution in [2.75, 3.05) is 19.7 Å². The van der Waals surface area contributed by atoms with Crippen molar-refractivity contribution >= 4 is 5.91 Å². The molecule has 5 nitrogen and oxygen atoms in total. The lowest BCUT2D eigenvalue weighted by atomic mass is 10.1. The van der Waals surface area contributed by atoms with Crippen LogP contribution in [0.15, 0.2) is 18.3 Å². The van der Waals surface area contributed by atoms with Gasteiger partial charge >= 0.3 is 0 Å². The van der Waals surface area contributed by atoms with Gasteiger partial charge in [0.05, 0.1) is 6.61 Å². The summed E-state index contributed by atoms with van der Waals surface area (Å²) in [6, 6.07) is 3.30. The van der Waals surface area contributed by atoms with Crippen molar-refractivity contribution in [3.63, 3.8) is 0 Å². The standard InChI is InChI=1S/C12H17N3O2/c13-11(16)10-2-1-5-15-12(10)17-7-4-9-3-6-14-8-9/h1-2,5,9,14H,3-4,6-8H2,(H2,13,16). The Labute approximate surface area is 100 Å². The molecule has 0 aromatic carbocycles. The molecule has 1 amide bonds. The third-order valence-corrected chi connectivity index (χ3v) is 2.96. The molecule has 1 saturated heterocycles. The Balaban J connectivity index is 1.87. The number of rotatable bonds is 5. The number of pyridine rings is 1. The molecule has 1 aromatic heterocycles. The normalized spacial score (nSPS) is 19.2. The number of primary amides is 1. The molecule has 2 heterocycles. The van der Waals surface area contributed by atoms with Crippen molar-refractivity contribution in [1.29, 1.82) is 0 Å². The number of amides is 1. The van der Waals surface area contributed by atoms with Gasteiger partial charge in [0.1, 0.15) is 5.56 Å². The van der Waals surface area contributed by atoms with E-state index in [0.717, 1.165) is 19.5 Å². The molecule has 0 aliphatic carbocycles. The van der Waals surface area contributed by atoms with Gasteiger partial charge in [-0.2, -0.15) is 0 Å². The summed E-state index contributed by atoms with van der Waals surface area (Å²) in [5, 5.41) is 3.31. The van der Waals surface area contributed by atoms with Gasteiger partial charge in [-0.15, -0.1) is 0 Å². The molecule has 1 atom stereocenters. The fourth-order valence-corrected chi connectivity index (χ4v) is 1.98. The Kier molecular flexibility index (Phi) is 3.93. The maximum absolute atomic E-state index is 11.1. The molecule has 5 heteroatoms. The highest BCUT2D eigenvalue weighted by Crippen LogP contribution is 2.16. The van der Waals surface area contributed by atoms with E-state index in [0.29, 0.717) is 24.0 Å². The maximum atomic E-state index is 11.1. The Morgan fingerprint density at radius 3 is 3.24 bits per heavy atom. The summed E-state index contributed by atoms with van der Waals surface area (Å²) >= 11 is 0. The average Bonchev–Trinajstić information content (AvgIpc) is 2.82. The largest absolute Gasteiger partial charge is 0.477 e. The topological polar surface area (TPSA) is 77.2 Å². The van der Waals surface area contributed by atoms with Crippen LogP contribution in [0.25, 0.3) is 0 Å². The van der Waals surface area contributed by atoms with Gasteiger partial charge < -0.3 is 15.8 Å². The van der Waals surface area contributed by atoms with E-state index in [2.05, 4.69) is 10.3 Å². The third-order valence-electron chi connectivity index (χ3n) is 2.96. The average molecular weight is 235 g/mol. The molecule has 0 saturated carbocycles. The Hall–Kier alpha value is -1.62. The number of hydrogen-bond donors (Lipinski definition) is 2. The van der Waals surface area contributed by atoms with Crippen molar-refractivity contribution in [1.82, 2.24) is 10.3 Å². The predicted octanol–water partition coefficient (Wildman–Crippen LogP) is 0.559. The van der Waals surface area contributed by atoms with E-state index in [1.165, 1.54) is 6.42 Å². The molecule has 1 aromatic rings. The summed E-state index contributed by atoms with van der Waals surface area (Å²) in [7, 11) is 0. The van der Waals surface area contributed by atoms with E-state index in [1.54, 1.807) is 18.3 Å². The first-order chi connectivity index (χ1) is 8.27. The zero-order chi connectivity index (χ0) is 12.1. The Morgan fingerprint density at radius 1 is 1.65 bits per heavy atom. The van der Waals surface area contributed by atoms with Crippen molar-refractivity contribution in [2.24, 2.45) is 11.7 Å². The lowest BCUT2D eigenvalue weighted by molar-refractivity contribution is 0.0995. The first-order valence-corrected chi connectivity index (χ1v) is 5.85. The van der Waals surface area contributed by atoms with Gasteiger partial charge in [-0.25, -0.2) is 4.98 Å². The van der Waals surface area contributed by atoms with Crippen molar-refractivity contribution < 1.29 is 9.53 Å². The summed E-state index contributed by atoms with van der Waals surface area (Å²) in [5.41, 5.74) is 5.58. The van der Waals surface area contributed by atoms with E-state index < -0.39 is 5.91 Å². The molecule has 0 spiro atoms. The Bertz CT molecular complexity index is 389. The number of nitrogens with two attached hydrogens (primary N) is 1. The number of nitrogens with zero attached hydrogens (tertiary/aromatic N) is 1. The van der Waals surface area contributed by atoms with Crippen LogP contribution < -0.4 is 15.8 Å². The lowest BCUT2D eigenvalue weighted by Crippen LogP contribution is -2.16. The first kappa shape index (κ1) is 11.9. The van der Waals surface area contributed by atoms with Crippen LogP contribution in [0.4, 0.5) is 0 Å². The van der Waals surface area contributed by atoms with Crippen LogP contribution in [0.3, 0.4) is 0 Å². The fourth-order valence-electron chi connectivity index (χ4n) is 1.98. The molecule has 17 heavy (non-hydrogen) atoms. The van der Waals surface area contributed by atoms with Gasteiger partial charge in [0.25, 0.3) is 5.91 Å². The second-order valence-corrected chi connectivity index (χ2v) is 4.22. The van der Waals surface area contributed by atoms with Gasteiger partial charge in [0, 0.05) is 6.20 Å². The molecular weight excluding hydrogens is 218 g/mol. The molecule has 3 N–H and O–H groups in total. The van der Waals surface area contributed by atoms with Crippen LogP contribution >= 0.6 is 0 Å². The molecular formula is C12H17N3O2. The minimum atomic E-state index is -0.504. The minimum Gasteiger partial charge on any atom is -0.477 e. The van der Waals surface area contributed by atoms with Gasteiger partial charge in [-0.3, -0.25) is 4.79 Å². The summed E-state index contributed by atoms with van der Waals surface area (Å²) in [4.78, 5) is 15.2. The molecule has 0 bridgehead atoms. The maximum Gasteiger partial charge on any atom is 0.254 e. The first-order valence-electron chi connectivity index (χ1n) is 5.85. The highest BCUT2D eigenvalue weighted by Gasteiger charge is 2.15. The molecule has 1 fully saturated rings. The monoisotopic (exact) mass is 235 g/mol. The molecule has 1 unspecified atom stereocenters. The third kappa shape index (κ3) is 3.17. The van der Waals surface area contributed by atoms with Crippen LogP contribution in [0.1, 0.15) is 23.2 Å².